The van der Waals surface area contributed by atoms with Crippen molar-refractivity contribution in [1.82, 2.24) is 20.2 Å². The lowest BCUT2D eigenvalue weighted by molar-refractivity contribution is -0.0272. The second-order valence-corrected chi connectivity index (χ2v) is 6.10. The number of ether oxygens (including phenoxy) is 1. The molecular formula is C17H25N5O. The van der Waals surface area contributed by atoms with Crippen molar-refractivity contribution < 1.29 is 4.74 Å². The third-order valence-electron chi connectivity index (χ3n) is 4.69. The zero-order chi connectivity index (χ0) is 16.1. The molecular weight excluding hydrogens is 290 g/mol. The molecule has 1 aliphatic rings. The minimum Gasteiger partial charge on any atom is -0.378 e. The molecule has 2 heterocycles. The largest absolute Gasteiger partial charge is 0.378 e. The number of hydrogen-bond acceptors (Lipinski definition) is 5. The highest BCUT2D eigenvalue weighted by molar-refractivity contribution is 5.38. The quantitative estimate of drug-likeness (QED) is 0.887. The van der Waals surface area contributed by atoms with E-state index in [-0.39, 0.29) is 0 Å². The second-order valence-electron chi connectivity index (χ2n) is 6.10. The summed E-state index contributed by atoms with van der Waals surface area (Å²) in [6.45, 7) is 5.28. The SMILES string of the molecule is CCC(CC)C1CC(Nc2nnnn2-c2ccccc2)CCO1. The van der Waals surface area contributed by atoms with Crippen LogP contribution in [0.5, 0.6) is 0 Å². The van der Waals surface area contributed by atoms with Gasteiger partial charge in [-0.1, -0.05) is 50.0 Å². The molecule has 2 aromatic rings. The van der Waals surface area contributed by atoms with Crippen LogP contribution in [0.4, 0.5) is 5.95 Å². The minimum absolute atomic E-state index is 0.331. The summed E-state index contributed by atoms with van der Waals surface area (Å²) in [6, 6.07) is 10.3. The fourth-order valence-corrected chi connectivity index (χ4v) is 3.30. The number of para-hydroxylation sites is 1. The van der Waals surface area contributed by atoms with Crippen LogP contribution < -0.4 is 5.32 Å². The smallest absolute Gasteiger partial charge is 0.247 e. The Hall–Kier alpha value is -1.95. The Morgan fingerprint density at radius 3 is 2.78 bits per heavy atom. The molecule has 0 bridgehead atoms. The number of aromatic nitrogens is 4. The Labute approximate surface area is 137 Å². The zero-order valence-corrected chi connectivity index (χ0v) is 13.9. The molecule has 0 aliphatic carbocycles. The third-order valence-corrected chi connectivity index (χ3v) is 4.69. The van der Waals surface area contributed by atoms with Gasteiger partial charge in [0, 0.05) is 12.6 Å². The Morgan fingerprint density at radius 1 is 1.26 bits per heavy atom. The molecule has 0 saturated carbocycles. The van der Waals surface area contributed by atoms with E-state index in [4.69, 9.17) is 4.74 Å². The van der Waals surface area contributed by atoms with Gasteiger partial charge in [-0.25, -0.2) is 0 Å². The number of nitrogens with zero attached hydrogens (tertiary/aromatic N) is 4. The summed E-state index contributed by atoms with van der Waals surface area (Å²) in [4.78, 5) is 0. The molecule has 3 rings (SSSR count). The van der Waals surface area contributed by atoms with E-state index in [2.05, 4.69) is 34.7 Å². The van der Waals surface area contributed by atoms with E-state index in [0.717, 1.165) is 38.0 Å². The van der Waals surface area contributed by atoms with Gasteiger partial charge in [0.15, 0.2) is 0 Å². The van der Waals surface area contributed by atoms with Crippen LogP contribution >= 0.6 is 0 Å². The highest BCUT2D eigenvalue weighted by atomic mass is 16.5. The fourth-order valence-electron chi connectivity index (χ4n) is 3.30. The van der Waals surface area contributed by atoms with Crippen LogP contribution in [0, 0.1) is 5.92 Å². The van der Waals surface area contributed by atoms with E-state index in [1.54, 1.807) is 4.68 Å². The van der Waals surface area contributed by atoms with Gasteiger partial charge >= 0.3 is 0 Å². The van der Waals surface area contributed by atoms with E-state index < -0.39 is 0 Å². The number of hydrogen-bond donors (Lipinski definition) is 1. The summed E-state index contributed by atoms with van der Waals surface area (Å²) in [7, 11) is 0. The summed E-state index contributed by atoms with van der Waals surface area (Å²) in [5.74, 6) is 1.33. The van der Waals surface area contributed by atoms with Crippen LogP contribution in [-0.2, 0) is 4.74 Å². The lowest BCUT2D eigenvalue weighted by Gasteiger charge is -2.34. The van der Waals surface area contributed by atoms with Crippen molar-refractivity contribution in [2.75, 3.05) is 11.9 Å². The Morgan fingerprint density at radius 2 is 2.04 bits per heavy atom. The van der Waals surface area contributed by atoms with Gasteiger partial charge in [0.2, 0.25) is 5.95 Å². The Bertz CT molecular complexity index is 596. The normalized spacial score (nSPS) is 21.5. The number of benzene rings is 1. The second kappa shape index (κ2) is 7.55. The van der Waals surface area contributed by atoms with Crippen molar-refractivity contribution in [2.45, 2.75) is 51.7 Å². The first-order valence-corrected chi connectivity index (χ1v) is 8.53. The summed E-state index contributed by atoms with van der Waals surface area (Å²) in [6.07, 6.45) is 4.65. The molecule has 1 saturated heterocycles. The molecule has 1 N–H and O–H groups in total. The van der Waals surface area contributed by atoms with Crippen molar-refractivity contribution in [3.8, 4) is 5.69 Å². The summed E-state index contributed by atoms with van der Waals surface area (Å²) >= 11 is 0. The van der Waals surface area contributed by atoms with Gasteiger partial charge in [0.25, 0.3) is 0 Å². The lowest BCUT2D eigenvalue weighted by Crippen LogP contribution is -2.38. The van der Waals surface area contributed by atoms with E-state index >= 15 is 0 Å². The van der Waals surface area contributed by atoms with E-state index in [1.807, 2.05) is 30.3 Å². The topological polar surface area (TPSA) is 64.9 Å². The van der Waals surface area contributed by atoms with Gasteiger partial charge in [-0.3, -0.25) is 0 Å². The molecule has 1 aromatic carbocycles. The standard InChI is InChI=1S/C17H25N5O/c1-3-13(4-2)16-12-14(10-11-23-16)18-17-19-20-21-22(17)15-8-6-5-7-9-15/h5-9,13-14,16H,3-4,10-12H2,1-2H3,(H,18,19,21). The van der Waals surface area contributed by atoms with Crippen LogP contribution in [0.2, 0.25) is 0 Å². The summed E-state index contributed by atoms with van der Waals surface area (Å²) in [5, 5.41) is 15.6. The molecule has 2 atom stereocenters. The minimum atomic E-state index is 0.331. The van der Waals surface area contributed by atoms with Crippen LogP contribution in [0.1, 0.15) is 39.5 Å². The Kier molecular flexibility index (Phi) is 5.23. The maximum Gasteiger partial charge on any atom is 0.247 e. The van der Waals surface area contributed by atoms with Crippen LogP contribution in [-0.4, -0.2) is 39.0 Å². The molecule has 0 spiro atoms. The summed E-state index contributed by atoms with van der Waals surface area (Å²) < 4.78 is 7.74. The van der Waals surface area contributed by atoms with E-state index in [1.165, 1.54) is 0 Å². The number of rotatable bonds is 6. The maximum atomic E-state index is 5.99. The first kappa shape index (κ1) is 15.9. The van der Waals surface area contributed by atoms with Crippen molar-refractivity contribution >= 4 is 5.95 Å². The molecule has 1 aromatic heterocycles. The van der Waals surface area contributed by atoms with Crippen LogP contribution in [0.15, 0.2) is 30.3 Å². The van der Waals surface area contributed by atoms with Crippen LogP contribution in [0.3, 0.4) is 0 Å². The highest BCUT2D eigenvalue weighted by Gasteiger charge is 2.28. The first-order valence-electron chi connectivity index (χ1n) is 8.53. The van der Waals surface area contributed by atoms with E-state index in [0.29, 0.717) is 24.0 Å². The molecule has 2 unspecified atom stereocenters. The van der Waals surface area contributed by atoms with E-state index in [9.17, 15) is 0 Å². The maximum absolute atomic E-state index is 5.99. The van der Waals surface area contributed by atoms with Crippen molar-refractivity contribution in [3.63, 3.8) is 0 Å². The first-order chi connectivity index (χ1) is 11.3. The fraction of sp³-hybridized carbons (Fsp3) is 0.588. The zero-order valence-electron chi connectivity index (χ0n) is 13.9. The number of nitrogens with one attached hydrogen (secondary N) is 1. The third kappa shape index (κ3) is 3.69. The number of anilines is 1. The van der Waals surface area contributed by atoms with Gasteiger partial charge in [-0.2, -0.15) is 4.68 Å². The summed E-state index contributed by atoms with van der Waals surface area (Å²) in [5.41, 5.74) is 0.962. The molecule has 23 heavy (non-hydrogen) atoms. The van der Waals surface area contributed by atoms with Gasteiger partial charge in [0.05, 0.1) is 11.8 Å². The van der Waals surface area contributed by atoms with Crippen LogP contribution in [0.25, 0.3) is 5.69 Å². The average molecular weight is 315 g/mol. The monoisotopic (exact) mass is 315 g/mol. The molecule has 1 aliphatic heterocycles. The lowest BCUT2D eigenvalue weighted by atomic mass is 9.89. The predicted octanol–water partition coefficient (Wildman–Crippen LogP) is 3.06. The molecule has 0 amide bonds. The predicted molar refractivity (Wildman–Crippen MR) is 89.6 cm³/mol. The molecule has 0 radical (unpaired) electrons. The molecule has 124 valence electrons. The highest BCUT2D eigenvalue weighted by Crippen LogP contribution is 2.26. The van der Waals surface area contributed by atoms with Crippen molar-refractivity contribution in [1.29, 1.82) is 0 Å². The van der Waals surface area contributed by atoms with Gasteiger partial charge in [-0.15, -0.1) is 0 Å². The van der Waals surface area contributed by atoms with Gasteiger partial charge in [0.1, 0.15) is 0 Å². The Balaban J connectivity index is 1.69. The average Bonchev–Trinajstić information content (AvgIpc) is 3.05. The van der Waals surface area contributed by atoms with Crippen molar-refractivity contribution in [2.24, 2.45) is 5.92 Å². The van der Waals surface area contributed by atoms with Gasteiger partial charge in [-0.05, 0) is 41.3 Å². The van der Waals surface area contributed by atoms with Crippen molar-refractivity contribution in [3.05, 3.63) is 30.3 Å². The number of tetrazole rings is 1. The molecule has 6 heteroatoms. The molecule has 6 nitrogen and oxygen atoms in total. The van der Waals surface area contributed by atoms with Gasteiger partial charge < -0.3 is 10.1 Å². The molecule has 1 fully saturated rings.